The third-order valence-electron chi connectivity index (χ3n) is 4.39. The maximum absolute atomic E-state index is 11.7. The molecule has 1 heterocycles. The van der Waals surface area contributed by atoms with E-state index in [1.54, 1.807) is 18.2 Å². The number of hydrogen-bond acceptors (Lipinski definition) is 7. The number of amides is 2. The number of carbonyl (C=O) groups is 2. The summed E-state index contributed by atoms with van der Waals surface area (Å²) in [7, 11) is 1.26. The van der Waals surface area contributed by atoms with Crippen molar-refractivity contribution >= 4 is 46.7 Å². The summed E-state index contributed by atoms with van der Waals surface area (Å²) in [5, 5.41) is 9.19. The van der Waals surface area contributed by atoms with Crippen LogP contribution in [0.4, 0.5) is 27.9 Å². The molecule has 1 saturated carbocycles. The van der Waals surface area contributed by atoms with Gasteiger partial charge in [0.25, 0.3) is 5.91 Å². The molecule has 9 nitrogen and oxygen atoms in total. The molecule has 0 saturated heterocycles. The molecule has 1 aromatic heterocycles. The zero-order chi connectivity index (χ0) is 20.1. The molecule has 28 heavy (non-hydrogen) atoms. The summed E-state index contributed by atoms with van der Waals surface area (Å²) >= 11 is 6.09. The molecular weight excluding hydrogens is 384 g/mol. The number of methoxy groups -OCH3 is 1. The van der Waals surface area contributed by atoms with Crippen LogP contribution >= 0.6 is 11.6 Å². The van der Waals surface area contributed by atoms with E-state index in [9.17, 15) is 9.59 Å². The molecule has 1 aromatic carbocycles. The number of nitrogens with two attached hydrogens (primary N) is 1. The van der Waals surface area contributed by atoms with E-state index in [2.05, 4.69) is 30.7 Å². The highest BCUT2D eigenvalue weighted by atomic mass is 35.5. The van der Waals surface area contributed by atoms with Gasteiger partial charge in [0.2, 0.25) is 5.95 Å². The Morgan fingerprint density at radius 1 is 1.29 bits per heavy atom. The lowest BCUT2D eigenvalue weighted by Gasteiger charge is -2.16. The second-order valence-corrected chi connectivity index (χ2v) is 6.79. The van der Waals surface area contributed by atoms with Gasteiger partial charge >= 0.3 is 6.09 Å². The maximum atomic E-state index is 11.7. The Bertz CT molecular complexity index is 886. The fourth-order valence-corrected chi connectivity index (χ4v) is 3.15. The summed E-state index contributed by atoms with van der Waals surface area (Å²) in [5.41, 5.74) is 6.64. The predicted octanol–water partition coefficient (Wildman–Crippen LogP) is 3.51. The van der Waals surface area contributed by atoms with Crippen LogP contribution in [-0.4, -0.2) is 35.1 Å². The molecule has 0 bridgehead atoms. The second kappa shape index (κ2) is 8.75. The maximum Gasteiger partial charge on any atom is 0.411 e. The Balaban J connectivity index is 1.82. The Morgan fingerprint density at radius 3 is 2.71 bits per heavy atom. The van der Waals surface area contributed by atoms with Gasteiger partial charge < -0.3 is 21.1 Å². The highest BCUT2D eigenvalue weighted by Crippen LogP contribution is 2.28. The van der Waals surface area contributed by atoms with Gasteiger partial charge in [0.15, 0.2) is 0 Å². The third-order valence-corrected chi connectivity index (χ3v) is 4.72. The molecule has 3 rings (SSSR count). The van der Waals surface area contributed by atoms with E-state index in [4.69, 9.17) is 17.3 Å². The minimum absolute atomic E-state index is 0.238. The minimum atomic E-state index is -0.635. The lowest BCUT2D eigenvalue weighted by molar-refractivity contribution is 0.100. The SMILES string of the molecule is COC(=O)Nc1cc(Nc2ncc(C(N)=O)c(NC3CCCC3)n2)ccc1Cl. The molecule has 148 valence electrons. The number of ether oxygens (including phenoxy) is 1. The topological polar surface area (TPSA) is 131 Å². The molecule has 0 atom stereocenters. The first-order valence-electron chi connectivity index (χ1n) is 8.81. The molecule has 0 aliphatic heterocycles. The molecular formula is C18H21ClN6O3. The van der Waals surface area contributed by atoms with Gasteiger partial charge in [-0.05, 0) is 31.0 Å². The summed E-state index contributed by atoms with van der Waals surface area (Å²) in [6.07, 6.45) is 5.07. The van der Waals surface area contributed by atoms with E-state index < -0.39 is 12.0 Å². The zero-order valence-electron chi connectivity index (χ0n) is 15.3. The van der Waals surface area contributed by atoms with Gasteiger partial charge in [-0.15, -0.1) is 0 Å². The van der Waals surface area contributed by atoms with Crippen LogP contribution in [0.25, 0.3) is 0 Å². The van der Waals surface area contributed by atoms with Gasteiger partial charge in [-0.25, -0.2) is 9.78 Å². The molecule has 1 aliphatic rings. The Morgan fingerprint density at radius 2 is 2.04 bits per heavy atom. The Hall–Kier alpha value is -3.07. The van der Waals surface area contributed by atoms with Crippen LogP contribution in [0.3, 0.4) is 0 Å². The third kappa shape index (κ3) is 4.80. The van der Waals surface area contributed by atoms with Crippen molar-refractivity contribution in [1.82, 2.24) is 9.97 Å². The number of carbonyl (C=O) groups excluding carboxylic acids is 2. The number of hydrogen-bond donors (Lipinski definition) is 4. The van der Waals surface area contributed by atoms with Gasteiger partial charge in [0, 0.05) is 17.9 Å². The average Bonchev–Trinajstić information content (AvgIpc) is 3.17. The van der Waals surface area contributed by atoms with Crippen molar-refractivity contribution in [2.45, 2.75) is 31.7 Å². The first-order valence-corrected chi connectivity index (χ1v) is 9.19. The number of rotatable bonds is 6. The number of nitrogens with zero attached hydrogens (tertiary/aromatic N) is 2. The Kier molecular flexibility index (Phi) is 6.15. The molecule has 10 heteroatoms. The largest absolute Gasteiger partial charge is 0.453 e. The fraction of sp³-hybridized carbons (Fsp3) is 0.333. The number of primary amides is 1. The van der Waals surface area contributed by atoms with E-state index in [0.29, 0.717) is 22.2 Å². The van der Waals surface area contributed by atoms with Crippen LogP contribution in [0.5, 0.6) is 0 Å². The van der Waals surface area contributed by atoms with Crippen molar-refractivity contribution in [3.63, 3.8) is 0 Å². The van der Waals surface area contributed by atoms with E-state index in [1.165, 1.54) is 13.3 Å². The molecule has 1 aliphatic carbocycles. The number of nitrogens with one attached hydrogen (secondary N) is 3. The molecule has 0 spiro atoms. The molecule has 5 N–H and O–H groups in total. The summed E-state index contributed by atoms with van der Waals surface area (Å²) < 4.78 is 4.58. The smallest absolute Gasteiger partial charge is 0.411 e. The molecule has 0 unspecified atom stereocenters. The van der Waals surface area contributed by atoms with Gasteiger partial charge in [0.05, 0.1) is 23.4 Å². The van der Waals surface area contributed by atoms with E-state index in [0.717, 1.165) is 25.7 Å². The highest BCUT2D eigenvalue weighted by Gasteiger charge is 2.19. The lowest BCUT2D eigenvalue weighted by atomic mass is 10.2. The highest BCUT2D eigenvalue weighted by molar-refractivity contribution is 6.33. The summed E-state index contributed by atoms with van der Waals surface area (Å²) in [6, 6.07) is 5.20. The van der Waals surface area contributed by atoms with Crippen molar-refractivity contribution in [2.24, 2.45) is 5.73 Å². The molecule has 1 fully saturated rings. The summed E-state index contributed by atoms with van der Waals surface area (Å²) in [5.74, 6) is 0.0821. The summed E-state index contributed by atoms with van der Waals surface area (Å²) in [4.78, 5) is 31.7. The van der Waals surface area contributed by atoms with Gasteiger partial charge in [-0.1, -0.05) is 24.4 Å². The van der Waals surface area contributed by atoms with Crippen molar-refractivity contribution in [3.8, 4) is 0 Å². The first kappa shape index (κ1) is 19.7. The quantitative estimate of drug-likeness (QED) is 0.579. The zero-order valence-corrected chi connectivity index (χ0v) is 16.0. The van der Waals surface area contributed by atoms with Gasteiger partial charge in [-0.2, -0.15) is 4.98 Å². The van der Waals surface area contributed by atoms with E-state index in [-0.39, 0.29) is 17.6 Å². The van der Waals surface area contributed by atoms with Crippen LogP contribution in [0.15, 0.2) is 24.4 Å². The second-order valence-electron chi connectivity index (χ2n) is 6.38. The fourth-order valence-electron chi connectivity index (χ4n) is 2.98. The van der Waals surface area contributed by atoms with Crippen LogP contribution in [0.2, 0.25) is 5.02 Å². The number of halogens is 1. The van der Waals surface area contributed by atoms with E-state index >= 15 is 0 Å². The van der Waals surface area contributed by atoms with Crippen LogP contribution in [-0.2, 0) is 4.74 Å². The lowest BCUT2D eigenvalue weighted by Crippen LogP contribution is -2.21. The van der Waals surface area contributed by atoms with Crippen LogP contribution < -0.4 is 21.7 Å². The molecule has 2 aromatic rings. The van der Waals surface area contributed by atoms with Crippen molar-refractivity contribution < 1.29 is 14.3 Å². The molecule has 2 amide bonds. The van der Waals surface area contributed by atoms with E-state index in [1.807, 2.05) is 0 Å². The predicted molar refractivity (Wildman–Crippen MR) is 107 cm³/mol. The first-order chi connectivity index (χ1) is 13.5. The summed E-state index contributed by atoms with van der Waals surface area (Å²) in [6.45, 7) is 0. The normalized spacial score (nSPS) is 13.8. The van der Waals surface area contributed by atoms with Crippen molar-refractivity contribution in [2.75, 3.05) is 23.1 Å². The minimum Gasteiger partial charge on any atom is -0.453 e. The molecule has 0 radical (unpaired) electrons. The van der Waals surface area contributed by atoms with Crippen LogP contribution in [0.1, 0.15) is 36.0 Å². The number of benzene rings is 1. The van der Waals surface area contributed by atoms with Crippen LogP contribution in [0, 0.1) is 0 Å². The van der Waals surface area contributed by atoms with Crippen molar-refractivity contribution in [3.05, 3.63) is 35.0 Å². The number of anilines is 4. The Labute approximate surface area is 167 Å². The van der Waals surface area contributed by atoms with Gasteiger partial charge in [-0.3, -0.25) is 10.1 Å². The number of aromatic nitrogens is 2. The average molecular weight is 405 g/mol. The van der Waals surface area contributed by atoms with Gasteiger partial charge in [0.1, 0.15) is 5.82 Å². The monoisotopic (exact) mass is 404 g/mol. The standard InChI is InChI=1S/C18H21ClN6O3/c1-28-18(27)24-14-8-11(6-7-13(14)19)23-17-21-9-12(15(20)26)16(25-17)22-10-4-2-3-5-10/h6-10H,2-5H2,1H3,(H2,20,26)(H,24,27)(H2,21,22,23,25). The van der Waals surface area contributed by atoms with Crippen molar-refractivity contribution in [1.29, 1.82) is 0 Å².